The molecule has 0 bridgehead atoms. The number of aromatic nitrogens is 3. The maximum atomic E-state index is 4.59. The standard InChI is InChI=1S/C11H15N5/c1-15-8-13-11-9(15)2-3-10(14-11)16-6-4-12-5-7-16/h2-3,8,12H,4-7H2,1H3. The summed E-state index contributed by atoms with van der Waals surface area (Å²) in [5, 5.41) is 3.34. The number of hydrogen-bond acceptors (Lipinski definition) is 4. The second kappa shape index (κ2) is 3.75. The van der Waals surface area contributed by atoms with Gasteiger partial charge in [-0.3, -0.25) is 0 Å². The molecule has 0 spiro atoms. The number of nitrogens with zero attached hydrogens (tertiary/aromatic N) is 4. The van der Waals surface area contributed by atoms with Gasteiger partial charge in [0.1, 0.15) is 5.82 Å². The largest absolute Gasteiger partial charge is 0.354 e. The number of piperazine rings is 1. The SMILES string of the molecule is Cn1cnc2nc(N3CCNCC3)ccc21. The van der Waals surface area contributed by atoms with E-state index >= 15 is 0 Å². The monoisotopic (exact) mass is 217 g/mol. The summed E-state index contributed by atoms with van der Waals surface area (Å²) in [6.07, 6.45) is 1.80. The van der Waals surface area contributed by atoms with Crippen LogP contribution in [0.1, 0.15) is 0 Å². The van der Waals surface area contributed by atoms with Crippen LogP contribution >= 0.6 is 0 Å². The van der Waals surface area contributed by atoms with Crippen LogP contribution in [0.4, 0.5) is 5.82 Å². The Kier molecular flexibility index (Phi) is 2.25. The first kappa shape index (κ1) is 9.59. The molecule has 0 unspecified atom stereocenters. The Morgan fingerprint density at radius 3 is 2.88 bits per heavy atom. The van der Waals surface area contributed by atoms with Gasteiger partial charge < -0.3 is 14.8 Å². The number of nitrogens with one attached hydrogen (secondary N) is 1. The highest BCUT2D eigenvalue weighted by molar-refractivity contribution is 5.73. The third kappa shape index (κ3) is 1.53. The molecule has 2 aromatic rings. The van der Waals surface area contributed by atoms with Gasteiger partial charge in [0.15, 0.2) is 5.65 Å². The van der Waals surface area contributed by atoms with E-state index in [1.54, 1.807) is 6.33 Å². The fourth-order valence-corrected chi connectivity index (χ4v) is 2.07. The Balaban J connectivity index is 1.97. The lowest BCUT2D eigenvalue weighted by Gasteiger charge is -2.28. The fraction of sp³-hybridized carbons (Fsp3) is 0.455. The number of imidazole rings is 1. The smallest absolute Gasteiger partial charge is 0.179 e. The normalized spacial score (nSPS) is 16.9. The van der Waals surface area contributed by atoms with Crippen LogP contribution in [0.25, 0.3) is 11.2 Å². The molecule has 0 aromatic carbocycles. The van der Waals surface area contributed by atoms with E-state index in [-0.39, 0.29) is 0 Å². The predicted molar refractivity (Wildman–Crippen MR) is 63.6 cm³/mol. The average molecular weight is 217 g/mol. The number of fused-ring (bicyclic) bond motifs is 1. The molecule has 5 nitrogen and oxygen atoms in total. The summed E-state index contributed by atoms with van der Waals surface area (Å²) in [5.74, 6) is 1.03. The number of hydrogen-bond donors (Lipinski definition) is 1. The van der Waals surface area contributed by atoms with Crippen LogP contribution in [0.2, 0.25) is 0 Å². The molecule has 1 N–H and O–H groups in total. The highest BCUT2D eigenvalue weighted by atomic mass is 15.2. The molecular weight excluding hydrogens is 202 g/mol. The summed E-state index contributed by atoms with van der Waals surface area (Å²) in [6.45, 7) is 4.10. The van der Waals surface area contributed by atoms with Crippen LogP contribution < -0.4 is 10.2 Å². The van der Waals surface area contributed by atoms with Crippen LogP contribution in [0.5, 0.6) is 0 Å². The lowest BCUT2D eigenvalue weighted by atomic mass is 10.3. The minimum atomic E-state index is 0.832. The molecule has 1 aliphatic rings. The Bertz CT molecular complexity index is 498. The second-order valence-corrected chi connectivity index (χ2v) is 4.10. The van der Waals surface area contributed by atoms with Crippen molar-refractivity contribution in [2.75, 3.05) is 31.1 Å². The van der Waals surface area contributed by atoms with Crippen molar-refractivity contribution < 1.29 is 0 Å². The molecule has 0 atom stereocenters. The topological polar surface area (TPSA) is 46.0 Å². The molecule has 0 aliphatic carbocycles. The quantitative estimate of drug-likeness (QED) is 0.750. The van der Waals surface area contributed by atoms with Gasteiger partial charge in [-0.1, -0.05) is 0 Å². The first-order chi connectivity index (χ1) is 7.84. The molecule has 2 aromatic heterocycles. The summed E-state index contributed by atoms with van der Waals surface area (Å²) in [6, 6.07) is 4.17. The molecule has 3 heterocycles. The molecule has 3 rings (SSSR count). The van der Waals surface area contributed by atoms with Crippen molar-refractivity contribution in [1.82, 2.24) is 19.9 Å². The van der Waals surface area contributed by atoms with E-state index in [0.29, 0.717) is 0 Å². The molecule has 0 radical (unpaired) electrons. The Hall–Kier alpha value is -1.62. The van der Waals surface area contributed by atoms with Gasteiger partial charge in [0, 0.05) is 33.2 Å². The zero-order chi connectivity index (χ0) is 11.0. The van der Waals surface area contributed by atoms with Gasteiger partial charge in [0.25, 0.3) is 0 Å². The van der Waals surface area contributed by atoms with E-state index in [1.807, 2.05) is 11.6 Å². The molecule has 5 heteroatoms. The van der Waals surface area contributed by atoms with Crippen LogP contribution in [0, 0.1) is 0 Å². The van der Waals surface area contributed by atoms with Crippen molar-refractivity contribution in [3.63, 3.8) is 0 Å². The zero-order valence-corrected chi connectivity index (χ0v) is 9.35. The molecule has 84 valence electrons. The van der Waals surface area contributed by atoms with E-state index < -0.39 is 0 Å². The lowest BCUT2D eigenvalue weighted by Crippen LogP contribution is -2.43. The summed E-state index contributed by atoms with van der Waals surface area (Å²) in [5.41, 5.74) is 1.91. The Labute approximate surface area is 94.1 Å². The van der Waals surface area contributed by atoms with E-state index in [0.717, 1.165) is 43.2 Å². The predicted octanol–water partition coefficient (Wildman–Crippen LogP) is 0.378. The Morgan fingerprint density at radius 1 is 1.25 bits per heavy atom. The van der Waals surface area contributed by atoms with Gasteiger partial charge in [0.2, 0.25) is 0 Å². The van der Waals surface area contributed by atoms with Crippen molar-refractivity contribution in [2.45, 2.75) is 0 Å². The highest BCUT2D eigenvalue weighted by Gasteiger charge is 2.12. The maximum Gasteiger partial charge on any atom is 0.179 e. The first-order valence-electron chi connectivity index (χ1n) is 5.58. The Morgan fingerprint density at radius 2 is 2.06 bits per heavy atom. The molecule has 1 saturated heterocycles. The molecule has 1 aliphatic heterocycles. The first-order valence-corrected chi connectivity index (χ1v) is 5.58. The number of anilines is 1. The molecular formula is C11H15N5. The average Bonchev–Trinajstić information content (AvgIpc) is 2.72. The van der Waals surface area contributed by atoms with Gasteiger partial charge in [-0.2, -0.15) is 0 Å². The van der Waals surface area contributed by atoms with E-state index in [4.69, 9.17) is 0 Å². The van der Waals surface area contributed by atoms with E-state index in [9.17, 15) is 0 Å². The molecule has 0 saturated carbocycles. The van der Waals surface area contributed by atoms with E-state index in [1.165, 1.54) is 0 Å². The fourth-order valence-electron chi connectivity index (χ4n) is 2.07. The van der Waals surface area contributed by atoms with Crippen molar-refractivity contribution in [2.24, 2.45) is 7.05 Å². The van der Waals surface area contributed by atoms with Gasteiger partial charge in [-0.05, 0) is 12.1 Å². The highest BCUT2D eigenvalue weighted by Crippen LogP contribution is 2.16. The van der Waals surface area contributed by atoms with Crippen LogP contribution in [-0.2, 0) is 7.05 Å². The molecule has 16 heavy (non-hydrogen) atoms. The minimum absolute atomic E-state index is 0.832. The number of rotatable bonds is 1. The van der Waals surface area contributed by atoms with Gasteiger partial charge in [-0.25, -0.2) is 9.97 Å². The number of aryl methyl sites for hydroxylation is 1. The summed E-state index contributed by atoms with van der Waals surface area (Å²) >= 11 is 0. The summed E-state index contributed by atoms with van der Waals surface area (Å²) in [4.78, 5) is 11.2. The summed E-state index contributed by atoms with van der Waals surface area (Å²) in [7, 11) is 1.99. The number of pyridine rings is 1. The van der Waals surface area contributed by atoms with Crippen molar-refractivity contribution in [3.8, 4) is 0 Å². The second-order valence-electron chi connectivity index (χ2n) is 4.10. The van der Waals surface area contributed by atoms with Gasteiger partial charge in [-0.15, -0.1) is 0 Å². The maximum absolute atomic E-state index is 4.59. The van der Waals surface area contributed by atoms with Gasteiger partial charge >= 0.3 is 0 Å². The van der Waals surface area contributed by atoms with Gasteiger partial charge in [0.05, 0.1) is 11.8 Å². The van der Waals surface area contributed by atoms with Crippen molar-refractivity contribution >= 4 is 17.0 Å². The third-order valence-electron chi connectivity index (χ3n) is 3.01. The van der Waals surface area contributed by atoms with Crippen LogP contribution in [0.15, 0.2) is 18.5 Å². The van der Waals surface area contributed by atoms with Crippen molar-refractivity contribution in [3.05, 3.63) is 18.5 Å². The molecule has 1 fully saturated rings. The van der Waals surface area contributed by atoms with E-state index in [2.05, 4.69) is 32.3 Å². The summed E-state index contributed by atoms with van der Waals surface area (Å²) < 4.78 is 1.99. The van der Waals surface area contributed by atoms with Crippen LogP contribution in [-0.4, -0.2) is 40.7 Å². The van der Waals surface area contributed by atoms with Crippen molar-refractivity contribution in [1.29, 1.82) is 0 Å². The third-order valence-corrected chi connectivity index (χ3v) is 3.01. The molecule has 0 amide bonds. The van der Waals surface area contributed by atoms with Crippen LogP contribution in [0.3, 0.4) is 0 Å². The zero-order valence-electron chi connectivity index (χ0n) is 9.35. The minimum Gasteiger partial charge on any atom is -0.354 e. The lowest BCUT2D eigenvalue weighted by molar-refractivity contribution is 0.585.